The number of carbonyl (C=O) groups excluding carboxylic acids is 1. The van der Waals surface area contributed by atoms with Gasteiger partial charge >= 0.3 is 0 Å². The molecule has 2 fully saturated rings. The average Bonchev–Trinajstić information content (AvgIpc) is 2.70. The van der Waals surface area contributed by atoms with E-state index >= 15 is 0 Å². The van der Waals surface area contributed by atoms with E-state index in [1.807, 2.05) is 0 Å². The molecule has 1 saturated carbocycles. The third-order valence-corrected chi connectivity index (χ3v) is 4.82. The Morgan fingerprint density at radius 1 is 1.33 bits per heavy atom. The van der Waals surface area contributed by atoms with E-state index in [4.69, 9.17) is 0 Å². The van der Waals surface area contributed by atoms with E-state index in [9.17, 15) is 4.79 Å². The molecule has 0 spiro atoms. The van der Waals surface area contributed by atoms with Gasteiger partial charge < -0.3 is 10.6 Å². The van der Waals surface area contributed by atoms with Crippen molar-refractivity contribution in [1.29, 1.82) is 0 Å². The van der Waals surface area contributed by atoms with E-state index in [2.05, 4.69) is 24.5 Å². The van der Waals surface area contributed by atoms with Crippen LogP contribution >= 0.6 is 0 Å². The summed E-state index contributed by atoms with van der Waals surface area (Å²) in [5, 5.41) is 6.59. The van der Waals surface area contributed by atoms with Gasteiger partial charge in [-0.25, -0.2) is 0 Å². The van der Waals surface area contributed by atoms with Crippen LogP contribution < -0.4 is 10.6 Å². The van der Waals surface area contributed by atoms with E-state index in [1.165, 1.54) is 32.2 Å². The molecule has 0 aromatic rings. The fraction of sp³-hybridized carbons (Fsp3) is 0.933. The normalized spacial score (nSPS) is 31.2. The molecule has 0 radical (unpaired) electrons. The lowest BCUT2D eigenvalue weighted by Crippen LogP contribution is -2.38. The molecule has 3 nitrogen and oxygen atoms in total. The Bertz CT molecular complexity index is 282. The first-order chi connectivity index (χ1) is 8.59. The molecule has 0 bridgehead atoms. The maximum Gasteiger partial charge on any atom is 0.223 e. The average molecular weight is 252 g/mol. The molecule has 1 amide bonds. The molecule has 18 heavy (non-hydrogen) atoms. The summed E-state index contributed by atoms with van der Waals surface area (Å²) in [5.74, 6) is 1.29. The largest absolute Gasteiger partial charge is 0.356 e. The number of hydrogen-bond donors (Lipinski definition) is 2. The van der Waals surface area contributed by atoms with Gasteiger partial charge in [0.15, 0.2) is 0 Å². The van der Waals surface area contributed by atoms with Gasteiger partial charge in [-0.05, 0) is 56.5 Å². The molecule has 2 aliphatic rings. The summed E-state index contributed by atoms with van der Waals surface area (Å²) in [6.07, 6.45) is 7.21. The van der Waals surface area contributed by atoms with Crippen LogP contribution in [0.4, 0.5) is 0 Å². The molecular formula is C15H28N2O. The highest BCUT2D eigenvalue weighted by Gasteiger charge is 2.38. The van der Waals surface area contributed by atoms with E-state index in [-0.39, 0.29) is 11.3 Å². The summed E-state index contributed by atoms with van der Waals surface area (Å²) >= 11 is 0. The molecule has 2 atom stereocenters. The van der Waals surface area contributed by atoms with E-state index in [0.717, 1.165) is 31.8 Å². The fourth-order valence-electron chi connectivity index (χ4n) is 3.51. The molecular weight excluding hydrogens is 224 g/mol. The van der Waals surface area contributed by atoms with Crippen molar-refractivity contribution in [2.24, 2.45) is 17.3 Å². The standard InChI is InChI=1S/C15H28N2O/c1-15(2)8-3-6-13(15)14(18)17-10-7-12-5-4-9-16-11-12/h12-13,16H,3-11H2,1-2H3,(H,17,18). The molecule has 1 aliphatic heterocycles. The number of rotatable bonds is 4. The van der Waals surface area contributed by atoms with Crippen LogP contribution in [0, 0.1) is 17.3 Å². The second kappa shape index (κ2) is 6.05. The summed E-state index contributed by atoms with van der Waals surface area (Å²) in [7, 11) is 0. The smallest absolute Gasteiger partial charge is 0.223 e. The van der Waals surface area contributed by atoms with Gasteiger partial charge in [0, 0.05) is 12.5 Å². The van der Waals surface area contributed by atoms with Crippen molar-refractivity contribution in [2.45, 2.75) is 52.4 Å². The molecule has 2 N–H and O–H groups in total. The maximum absolute atomic E-state index is 12.2. The Balaban J connectivity index is 1.68. The number of piperidine rings is 1. The molecule has 2 rings (SSSR count). The summed E-state index contributed by atoms with van der Waals surface area (Å²) in [4.78, 5) is 12.2. The molecule has 0 aromatic heterocycles. The fourth-order valence-corrected chi connectivity index (χ4v) is 3.51. The summed E-state index contributed by atoms with van der Waals surface area (Å²) in [6, 6.07) is 0. The van der Waals surface area contributed by atoms with Crippen LogP contribution in [-0.4, -0.2) is 25.5 Å². The lowest BCUT2D eigenvalue weighted by molar-refractivity contribution is -0.127. The van der Waals surface area contributed by atoms with Gasteiger partial charge in [0.2, 0.25) is 5.91 Å². The molecule has 2 unspecified atom stereocenters. The van der Waals surface area contributed by atoms with Gasteiger partial charge in [0.1, 0.15) is 0 Å². The lowest BCUT2D eigenvalue weighted by Gasteiger charge is -2.27. The Morgan fingerprint density at radius 2 is 2.17 bits per heavy atom. The highest BCUT2D eigenvalue weighted by atomic mass is 16.1. The zero-order chi connectivity index (χ0) is 13.0. The van der Waals surface area contributed by atoms with Crippen molar-refractivity contribution >= 4 is 5.91 Å². The van der Waals surface area contributed by atoms with Crippen LogP contribution in [0.25, 0.3) is 0 Å². The van der Waals surface area contributed by atoms with E-state index in [0.29, 0.717) is 5.91 Å². The highest BCUT2D eigenvalue weighted by Crippen LogP contribution is 2.42. The summed E-state index contributed by atoms with van der Waals surface area (Å²) in [6.45, 7) is 7.62. The van der Waals surface area contributed by atoms with Gasteiger partial charge in [-0.2, -0.15) is 0 Å². The number of amides is 1. The van der Waals surface area contributed by atoms with Crippen LogP contribution in [-0.2, 0) is 4.79 Å². The molecule has 1 saturated heterocycles. The van der Waals surface area contributed by atoms with E-state index < -0.39 is 0 Å². The van der Waals surface area contributed by atoms with Gasteiger partial charge in [-0.1, -0.05) is 20.3 Å². The molecule has 1 aliphatic carbocycles. The minimum Gasteiger partial charge on any atom is -0.356 e. The quantitative estimate of drug-likeness (QED) is 0.806. The SMILES string of the molecule is CC1(C)CCCC1C(=O)NCCC1CCCNC1. The Morgan fingerprint density at radius 3 is 2.78 bits per heavy atom. The van der Waals surface area contributed by atoms with Crippen LogP contribution in [0.15, 0.2) is 0 Å². The predicted octanol–water partition coefficient (Wildman–Crippen LogP) is 2.32. The van der Waals surface area contributed by atoms with Crippen molar-refractivity contribution in [3.63, 3.8) is 0 Å². The lowest BCUT2D eigenvalue weighted by atomic mass is 9.81. The topological polar surface area (TPSA) is 41.1 Å². The van der Waals surface area contributed by atoms with Crippen LogP contribution in [0.2, 0.25) is 0 Å². The zero-order valence-electron chi connectivity index (χ0n) is 11.9. The Labute approximate surface area is 111 Å². The molecule has 0 aromatic carbocycles. The van der Waals surface area contributed by atoms with E-state index in [1.54, 1.807) is 0 Å². The van der Waals surface area contributed by atoms with Crippen molar-refractivity contribution in [2.75, 3.05) is 19.6 Å². The van der Waals surface area contributed by atoms with Crippen molar-refractivity contribution < 1.29 is 4.79 Å². The van der Waals surface area contributed by atoms with Crippen molar-refractivity contribution in [3.8, 4) is 0 Å². The van der Waals surface area contributed by atoms with Crippen LogP contribution in [0.5, 0.6) is 0 Å². The third kappa shape index (κ3) is 3.47. The van der Waals surface area contributed by atoms with Gasteiger partial charge in [-0.15, -0.1) is 0 Å². The third-order valence-electron chi connectivity index (χ3n) is 4.82. The van der Waals surface area contributed by atoms with Crippen molar-refractivity contribution in [3.05, 3.63) is 0 Å². The van der Waals surface area contributed by atoms with Gasteiger partial charge in [0.25, 0.3) is 0 Å². The van der Waals surface area contributed by atoms with Crippen molar-refractivity contribution in [1.82, 2.24) is 10.6 Å². The second-order valence-corrected chi connectivity index (χ2v) is 6.73. The number of hydrogen-bond acceptors (Lipinski definition) is 2. The molecule has 104 valence electrons. The first kappa shape index (κ1) is 13.9. The minimum absolute atomic E-state index is 0.205. The second-order valence-electron chi connectivity index (χ2n) is 6.73. The Hall–Kier alpha value is -0.570. The number of nitrogens with one attached hydrogen (secondary N) is 2. The maximum atomic E-state index is 12.2. The zero-order valence-corrected chi connectivity index (χ0v) is 11.9. The Kier molecular flexibility index (Phi) is 4.66. The highest BCUT2D eigenvalue weighted by molar-refractivity contribution is 5.79. The minimum atomic E-state index is 0.205. The van der Waals surface area contributed by atoms with Gasteiger partial charge in [-0.3, -0.25) is 4.79 Å². The van der Waals surface area contributed by atoms with Crippen LogP contribution in [0.1, 0.15) is 52.4 Å². The van der Waals surface area contributed by atoms with Gasteiger partial charge in [0.05, 0.1) is 0 Å². The number of carbonyl (C=O) groups is 1. The summed E-state index contributed by atoms with van der Waals surface area (Å²) < 4.78 is 0. The molecule has 3 heteroatoms. The predicted molar refractivity (Wildman–Crippen MR) is 74.3 cm³/mol. The first-order valence-electron chi connectivity index (χ1n) is 7.58. The molecule has 1 heterocycles. The first-order valence-corrected chi connectivity index (χ1v) is 7.58. The summed E-state index contributed by atoms with van der Waals surface area (Å²) in [5.41, 5.74) is 0.205. The van der Waals surface area contributed by atoms with Crippen LogP contribution in [0.3, 0.4) is 0 Å². The monoisotopic (exact) mass is 252 g/mol.